The second-order valence-electron chi connectivity index (χ2n) is 7.81. The fraction of sp³-hybridized carbons (Fsp3) is 0.455. The number of para-hydroxylation sites is 1. The highest BCUT2D eigenvalue weighted by molar-refractivity contribution is 7.93. The zero-order valence-electron chi connectivity index (χ0n) is 18.9. The lowest BCUT2D eigenvalue weighted by Gasteiger charge is -2.34. The zero-order chi connectivity index (χ0) is 23.9. The Hall–Kier alpha value is -2.35. The van der Waals surface area contributed by atoms with Crippen molar-refractivity contribution < 1.29 is 27.0 Å². The number of nitrogens with zero attached hydrogens (tertiary/aromatic N) is 1. The predicted octanol–water partition coefficient (Wildman–Crippen LogP) is 4.62. The van der Waals surface area contributed by atoms with Crippen molar-refractivity contribution in [2.24, 2.45) is 5.73 Å². The molecule has 0 heterocycles. The monoisotopic (exact) mass is 482 g/mol. The summed E-state index contributed by atoms with van der Waals surface area (Å²) in [7, 11) is -7.50. The SMILES string of the molecule is CCCCOc1ccccc1S(=O)(=O)N(c1cc(C)cc(OCCN)c1)C(C)(C)P(=O)=O. The van der Waals surface area contributed by atoms with Crippen LogP contribution in [0.5, 0.6) is 11.5 Å². The molecule has 32 heavy (non-hydrogen) atoms. The summed E-state index contributed by atoms with van der Waals surface area (Å²) < 4.78 is 64.4. The van der Waals surface area contributed by atoms with Crippen LogP contribution in [0.25, 0.3) is 0 Å². The minimum absolute atomic E-state index is 0.105. The number of unbranched alkanes of at least 4 members (excludes halogenated alkanes) is 1. The maximum absolute atomic E-state index is 13.9. The Balaban J connectivity index is 2.69. The first-order valence-corrected chi connectivity index (χ1v) is 13.0. The lowest BCUT2D eigenvalue weighted by Crippen LogP contribution is -2.45. The molecule has 0 radical (unpaired) electrons. The van der Waals surface area contributed by atoms with Crippen LogP contribution in [0.15, 0.2) is 47.4 Å². The Morgan fingerprint density at radius 1 is 1.06 bits per heavy atom. The van der Waals surface area contributed by atoms with E-state index < -0.39 is 23.0 Å². The van der Waals surface area contributed by atoms with Gasteiger partial charge in [-0.3, -0.25) is 0 Å². The van der Waals surface area contributed by atoms with Gasteiger partial charge in [-0.25, -0.2) is 21.9 Å². The summed E-state index contributed by atoms with van der Waals surface area (Å²) in [5, 5.41) is -1.76. The third-order valence-corrected chi connectivity index (χ3v) is 7.99. The molecule has 0 saturated carbocycles. The molecule has 0 spiro atoms. The second-order valence-corrected chi connectivity index (χ2v) is 11.2. The first-order valence-electron chi connectivity index (χ1n) is 10.4. The van der Waals surface area contributed by atoms with E-state index in [1.165, 1.54) is 26.0 Å². The number of aryl methyl sites for hydroxylation is 1. The van der Waals surface area contributed by atoms with Gasteiger partial charge in [-0.05, 0) is 57.0 Å². The zero-order valence-corrected chi connectivity index (χ0v) is 20.6. The molecule has 2 rings (SSSR count). The number of rotatable bonds is 12. The molecular weight excluding hydrogens is 451 g/mol. The van der Waals surface area contributed by atoms with E-state index in [9.17, 15) is 17.5 Å². The molecule has 10 heteroatoms. The van der Waals surface area contributed by atoms with Crippen LogP contribution < -0.4 is 19.5 Å². The van der Waals surface area contributed by atoms with E-state index in [0.717, 1.165) is 17.1 Å². The van der Waals surface area contributed by atoms with E-state index in [4.69, 9.17) is 15.2 Å². The molecule has 0 aromatic heterocycles. The number of hydrogen-bond donors (Lipinski definition) is 1. The van der Waals surface area contributed by atoms with Gasteiger partial charge in [-0.1, -0.05) is 25.5 Å². The summed E-state index contributed by atoms with van der Waals surface area (Å²) >= 11 is 0. The van der Waals surface area contributed by atoms with Gasteiger partial charge in [-0.15, -0.1) is 0 Å². The molecule has 0 aliphatic rings. The fourth-order valence-corrected chi connectivity index (χ4v) is 5.72. The van der Waals surface area contributed by atoms with Crippen molar-refractivity contribution in [2.45, 2.75) is 50.7 Å². The van der Waals surface area contributed by atoms with Gasteiger partial charge in [0.1, 0.15) is 23.0 Å². The van der Waals surface area contributed by atoms with Crippen molar-refractivity contribution in [1.29, 1.82) is 0 Å². The second kappa shape index (κ2) is 11.0. The number of anilines is 1. The molecule has 0 atom stereocenters. The van der Waals surface area contributed by atoms with E-state index in [-0.39, 0.29) is 29.5 Å². The third kappa shape index (κ3) is 5.91. The molecule has 0 bridgehead atoms. The van der Waals surface area contributed by atoms with Gasteiger partial charge in [0.05, 0.1) is 12.3 Å². The number of ether oxygens (including phenoxy) is 2. The molecule has 2 N–H and O–H groups in total. The summed E-state index contributed by atoms with van der Waals surface area (Å²) in [6.07, 6.45) is 1.65. The third-order valence-electron chi connectivity index (χ3n) is 4.72. The van der Waals surface area contributed by atoms with Crippen molar-refractivity contribution in [1.82, 2.24) is 0 Å². The fourth-order valence-electron chi connectivity index (χ4n) is 3.14. The molecule has 0 amide bonds. The molecule has 8 nitrogen and oxygen atoms in total. The summed E-state index contributed by atoms with van der Waals surface area (Å²) in [6.45, 7) is 7.34. The van der Waals surface area contributed by atoms with Crippen molar-refractivity contribution in [3.05, 3.63) is 48.0 Å². The van der Waals surface area contributed by atoms with E-state index in [0.29, 0.717) is 17.9 Å². The Kier molecular flexibility index (Phi) is 8.89. The van der Waals surface area contributed by atoms with Gasteiger partial charge >= 0.3 is 7.68 Å². The molecular formula is C22H31N2O6PS. The standard InChI is InChI=1S/C22H31N2O6PS/c1-5-6-12-30-20-9-7-8-10-21(20)32(27,28)24(22(3,4)31(25)26)18-14-17(2)15-19(16-18)29-13-11-23/h7-10,14-16H,5-6,11-13,23H2,1-4H3. The van der Waals surface area contributed by atoms with Gasteiger partial charge in [0, 0.05) is 12.6 Å². The topological polar surface area (TPSA) is 116 Å². The molecule has 2 aromatic rings. The molecule has 176 valence electrons. The van der Waals surface area contributed by atoms with Crippen molar-refractivity contribution in [2.75, 3.05) is 24.1 Å². The van der Waals surface area contributed by atoms with Crippen LogP contribution in [0.2, 0.25) is 0 Å². The van der Waals surface area contributed by atoms with Crippen LogP contribution in [0, 0.1) is 6.92 Å². The van der Waals surface area contributed by atoms with E-state index in [1.807, 2.05) is 6.92 Å². The summed E-state index contributed by atoms with van der Waals surface area (Å²) in [4.78, 5) is -0.105. The Morgan fingerprint density at radius 3 is 2.38 bits per heavy atom. The van der Waals surface area contributed by atoms with Crippen LogP contribution in [0.4, 0.5) is 5.69 Å². The number of benzene rings is 2. The highest BCUT2D eigenvalue weighted by atomic mass is 32.2. The van der Waals surface area contributed by atoms with Crippen LogP contribution in [-0.4, -0.2) is 33.5 Å². The highest BCUT2D eigenvalue weighted by Crippen LogP contribution is 2.43. The summed E-state index contributed by atoms with van der Waals surface area (Å²) in [6, 6.07) is 11.1. The lowest BCUT2D eigenvalue weighted by atomic mass is 10.2. The van der Waals surface area contributed by atoms with Crippen LogP contribution in [0.3, 0.4) is 0 Å². The Morgan fingerprint density at radius 2 is 1.75 bits per heavy atom. The van der Waals surface area contributed by atoms with Crippen molar-refractivity contribution >= 4 is 23.4 Å². The highest BCUT2D eigenvalue weighted by Gasteiger charge is 2.43. The van der Waals surface area contributed by atoms with Gasteiger partial charge in [-0.2, -0.15) is 0 Å². The van der Waals surface area contributed by atoms with Crippen LogP contribution in [0.1, 0.15) is 39.2 Å². The maximum Gasteiger partial charge on any atom is 0.342 e. The van der Waals surface area contributed by atoms with Crippen LogP contribution in [-0.2, 0) is 19.2 Å². The molecule has 0 aliphatic heterocycles. The summed E-state index contributed by atoms with van der Waals surface area (Å²) in [5.74, 6) is 0.574. The van der Waals surface area contributed by atoms with Gasteiger partial charge in [0.2, 0.25) is 0 Å². The predicted molar refractivity (Wildman–Crippen MR) is 125 cm³/mol. The van der Waals surface area contributed by atoms with Gasteiger partial charge in [0.25, 0.3) is 10.0 Å². The maximum atomic E-state index is 13.9. The molecule has 2 aromatic carbocycles. The van der Waals surface area contributed by atoms with Gasteiger partial charge < -0.3 is 15.2 Å². The number of nitrogens with two attached hydrogens (primary N) is 1. The van der Waals surface area contributed by atoms with E-state index in [2.05, 4.69) is 0 Å². The average Bonchev–Trinajstić information content (AvgIpc) is 2.72. The first-order chi connectivity index (χ1) is 15.1. The van der Waals surface area contributed by atoms with Crippen LogP contribution >= 0.6 is 7.68 Å². The molecule has 0 unspecified atom stereocenters. The van der Waals surface area contributed by atoms with E-state index >= 15 is 0 Å². The Labute approximate surface area is 190 Å². The minimum atomic E-state index is -4.33. The largest absolute Gasteiger partial charge is 0.492 e. The molecule has 0 saturated heterocycles. The smallest absolute Gasteiger partial charge is 0.342 e. The van der Waals surface area contributed by atoms with Crippen molar-refractivity contribution in [3.8, 4) is 11.5 Å². The number of sulfonamides is 1. The molecule has 0 fully saturated rings. The lowest BCUT2D eigenvalue weighted by molar-refractivity contribution is 0.301. The Bertz CT molecular complexity index is 1090. The average molecular weight is 483 g/mol. The number of hydrogen-bond acceptors (Lipinski definition) is 7. The normalized spacial score (nSPS) is 11.8. The minimum Gasteiger partial charge on any atom is -0.492 e. The van der Waals surface area contributed by atoms with E-state index in [1.54, 1.807) is 37.3 Å². The molecule has 0 aliphatic carbocycles. The first kappa shape index (κ1) is 25.9. The summed E-state index contributed by atoms with van der Waals surface area (Å²) in [5.41, 5.74) is 6.39. The van der Waals surface area contributed by atoms with Gasteiger partial charge in [0.15, 0.2) is 5.28 Å². The quantitative estimate of drug-likeness (QED) is 0.347. The van der Waals surface area contributed by atoms with Crippen molar-refractivity contribution in [3.63, 3.8) is 0 Å².